The number of halogens is 1. The molecule has 58 valence electrons. The highest BCUT2D eigenvalue weighted by Crippen LogP contribution is 2.18. The smallest absolute Gasteiger partial charge is 0.126 e. The van der Waals surface area contributed by atoms with Gasteiger partial charge in [0.1, 0.15) is 5.82 Å². The topological polar surface area (TPSA) is 9.23 Å². The summed E-state index contributed by atoms with van der Waals surface area (Å²) < 4.78 is 18.2. The van der Waals surface area contributed by atoms with Crippen molar-refractivity contribution in [3.63, 3.8) is 0 Å². The number of rotatable bonds is 0. The van der Waals surface area contributed by atoms with E-state index in [0.29, 0.717) is 19.6 Å². The fourth-order valence-electron chi connectivity index (χ4n) is 1.37. The molecule has 1 heterocycles. The fourth-order valence-corrected chi connectivity index (χ4v) is 1.37. The molecule has 0 bridgehead atoms. The molecular formula is C9H9FO. The third kappa shape index (κ3) is 1.14. The minimum Gasteiger partial charge on any atom is -0.376 e. The molecule has 0 unspecified atom stereocenters. The van der Waals surface area contributed by atoms with Gasteiger partial charge in [-0.25, -0.2) is 4.39 Å². The fraction of sp³-hybridized carbons (Fsp3) is 0.333. The van der Waals surface area contributed by atoms with E-state index in [4.69, 9.17) is 4.74 Å². The first-order valence-electron chi connectivity index (χ1n) is 3.72. The SMILES string of the molecule is Fc1cccc2c1CCOC2. The Balaban J connectivity index is 2.49. The van der Waals surface area contributed by atoms with Crippen molar-refractivity contribution >= 4 is 0 Å². The van der Waals surface area contributed by atoms with Gasteiger partial charge in [0, 0.05) is 0 Å². The summed E-state index contributed by atoms with van der Waals surface area (Å²) >= 11 is 0. The van der Waals surface area contributed by atoms with Gasteiger partial charge in [0.25, 0.3) is 0 Å². The Morgan fingerprint density at radius 2 is 2.27 bits per heavy atom. The van der Waals surface area contributed by atoms with Gasteiger partial charge in [0.15, 0.2) is 0 Å². The van der Waals surface area contributed by atoms with Crippen LogP contribution in [-0.4, -0.2) is 6.61 Å². The maximum absolute atomic E-state index is 13.0. The van der Waals surface area contributed by atoms with E-state index in [1.807, 2.05) is 6.07 Å². The van der Waals surface area contributed by atoms with Gasteiger partial charge in [-0.05, 0) is 23.6 Å². The van der Waals surface area contributed by atoms with Crippen molar-refractivity contribution in [2.75, 3.05) is 6.61 Å². The van der Waals surface area contributed by atoms with E-state index in [-0.39, 0.29) is 5.82 Å². The van der Waals surface area contributed by atoms with Gasteiger partial charge in [0.2, 0.25) is 0 Å². The first kappa shape index (κ1) is 6.80. The first-order valence-corrected chi connectivity index (χ1v) is 3.72. The molecule has 1 aromatic rings. The Kier molecular flexibility index (Phi) is 1.62. The van der Waals surface area contributed by atoms with Crippen molar-refractivity contribution in [3.8, 4) is 0 Å². The van der Waals surface area contributed by atoms with E-state index < -0.39 is 0 Å². The van der Waals surface area contributed by atoms with Gasteiger partial charge in [-0.3, -0.25) is 0 Å². The van der Waals surface area contributed by atoms with E-state index in [1.165, 1.54) is 6.07 Å². The predicted octanol–water partition coefficient (Wildman–Crippen LogP) is 1.90. The largest absolute Gasteiger partial charge is 0.376 e. The second-order valence-corrected chi connectivity index (χ2v) is 2.68. The van der Waals surface area contributed by atoms with Gasteiger partial charge in [0.05, 0.1) is 13.2 Å². The maximum atomic E-state index is 13.0. The average Bonchev–Trinajstić information content (AvgIpc) is 2.06. The highest BCUT2D eigenvalue weighted by molar-refractivity contribution is 5.29. The molecule has 1 aliphatic heterocycles. The molecule has 0 spiro atoms. The van der Waals surface area contributed by atoms with Crippen LogP contribution in [0, 0.1) is 5.82 Å². The Bertz CT molecular complexity index is 270. The molecule has 11 heavy (non-hydrogen) atoms. The van der Waals surface area contributed by atoms with Crippen LogP contribution in [-0.2, 0) is 17.8 Å². The molecule has 1 aliphatic rings. The van der Waals surface area contributed by atoms with Gasteiger partial charge >= 0.3 is 0 Å². The molecule has 0 radical (unpaired) electrons. The zero-order valence-corrected chi connectivity index (χ0v) is 6.14. The van der Waals surface area contributed by atoms with Gasteiger partial charge in [-0.1, -0.05) is 12.1 Å². The predicted molar refractivity (Wildman–Crippen MR) is 39.8 cm³/mol. The molecule has 0 N–H and O–H groups in total. The normalized spacial score (nSPS) is 16.1. The Morgan fingerprint density at radius 3 is 3.09 bits per heavy atom. The van der Waals surface area contributed by atoms with Crippen LogP contribution in [0.15, 0.2) is 18.2 Å². The molecule has 0 saturated carbocycles. The highest BCUT2D eigenvalue weighted by atomic mass is 19.1. The molecule has 0 fully saturated rings. The molecule has 2 rings (SSSR count). The van der Waals surface area contributed by atoms with Crippen LogP contribution < -0.4 is 0 Å². The lowest BCUT2D eigenvalue weighted by atomic mass is 10.0. The molecule has 0 atom stereocenters. The summed E-state index contributed by atoms with van der Waals surface area (Å²) in [5, 5.41) is 0. The van der Waals surface area contributed by atoms with Crippen LogP contribution in [0.5, 0.6) is 0 Å². The quantitative estimate of drug-likeness (QED) is 0.551. The minimum absolute atomic E-state index is 0.0919. The van der Waals surface area contributed by atoms with Crippen LogP contribution in [0.2, 0.25) is 0 Å². The van der Waals surface area contributed by atoms with E-state index in [1.54, 1.807) is 6.07 Å². The third-order valence-corrected chi connectivity index (χ3v) is 1.97. The zero-order chi connectivity index (χ0) is 7.68. The lowest BCUT2D eigenvalue weighted by Gasteiger charge is -2.16. The zero-order valence-electron chi connectivity index (χ0n) is 6.14. The van der Waals surface area contributed by atoms with Crippen molar-refractivity contribution in [1.82, 2.24) is 0 Å². The number of fused-ring (bicyclic) bond motifs is 1. The molecule has 0 saturated heterocycles. The number of hydrogen-bond donors (Lipinski definition) is 0. The summed E-state index contributed by atoms with van der Waals surface area (Å²) in [6, 6.07) is 5.14. The molecule has 0 amide bonds. The number of hydrogen-bond acceptors (Lipinski definition) is 1. The summed E-state index contributed by atoms with van der Waals surface area (Å²) in [5.41, 5.74) is 1.83. The van der Waals surface area contributed by atoms with E-state index in [0.717, 1.165) is 11.1 Å². The van der Waals surface area contributed by atoms with Crippen LogP contribution in [0.4, 0.5) is 4.39 Å². The molecule has 1 aromatic carbocycles. The second-order valence-electron chi connectivity index (χ2n) is 2.68. The molecule has 1 nitrogen and oxygen atoms in total. The van der Waals surface area contributed by atoms with Crippen LogP contribution >= 0.6 is 0 Å². The number of benzene rings is 1. The molecule has 0 aliphatic carbocycles. The first-order chi connectivity index (χ1) is 5.38. The van der Waals surface area contributed by atoms with Crippen LogP contribution in [0.3, 0.4) is 0 Å². The lowest BCUT2D eigenvalue weighted by molar-refractivity contribution is 0.109. The van der Waals surface area contributed by atoms with Crippen molar-refractivity contribution in [3.05, 3.63) is 35.1 Å². The van der Waals surface area contributed by atoms with Crippen molar-refractivity contribution < 1.29 is 9.13 Å². The van der Waals surface area contributed by atoms with Crippen molar-refractivity contribution in [2.24, 2.45) is 0 Å². The molecule has 2 heteroatoms. The Hall–Kier alpha value is -0.890. The van der Waals surface area contributed by atoms with Crippen LogP contribution in [0.25, 0.3) is 0 Å². The Labute approximate surface area is 64.8 Å². The van der Waals surface area contributed by atoms with E-state index in [9.17, 15) is 4.39 Å². The number of ether oxygens (including phenoxy) is 1. The van der Waals surface area contributed by atoms with Crippen LogP contribution in [0.1, 0.15) is 11.1 Å². The lowest BCUT2D eigenvalue weighted by Crippen LogP contribution is -2.11. The summed E-state index contributed by atoms with van der Waals surface area (Å²) in [4.78, 5) is 0. The van der Waals surface area contributed by atoms with E-state index >= 15 is 0 Å². The minimum atomic E-state index is -0.0919. The summed E-state index contributed by atoms with van der Waals surface area (Å²) in [6.07, 6.45) is 0.710. The standard InChI is InChI=1S/C9H9FO/c10-9-3-1-2-7-6-11-5-4-8(7)9/h1-3H,4-6H2. The third-order valence-electron chi connectivity index (χ3n) is 1.97. The van der Waals surface area contributed by atoms with Gasteiger partial charge in [-0.15, -0.1) is 0 Å². The molecular weight excluding hydrogens is 143 g/mol. The summed E-state index contributed by atoms with van der Waals surface area (Å²) in [7, 11) is 0. The summed E-state index contributed by atoms with van der Waals surface area (Å²) in [5.74, 6) is -0.0919. The highest BCUT2D eigenvalue weighted by Gasteiger charge is 2.11. The van der Waals surface area contributed by atoms with Crippen molar-refractivity contribution in [1.29, 1.82) is 0 Å². The Morgan fingerprint density at radius 1 is 1.36 bits per heavy atom. The van der Waals surface area contributed by atoms with Gasteiger partial charge < -0.3 is 4.74 Å². The molecule has 0 aromatic heterocycles. The summed E-state index contributed by atoms with van der Waals surface area (Å²) in [6.45, 7) is 1.21. The second kappa shape index (κ2) is 2.62. The average molecular weight is 152 g/mol. The van der Waals surface area contributed by atoms with Crippen molar-refractivity contribution in [2.45, 2.75) is 13.0 Å². The maximum Gasteiger partial charge on any atom is 0.126 e. The monoisotopic (exact) mass is 152 g/mol. The van der Waals surface area contributed by atoms with E-state index in [2.05, 4.69) is 0 Å². The van der Waals surface area contributed by atoms with Gasteiger partial charge in [-0.2, -0.15) is 0 Å².